The average molecular weight is 419 g/mol. The molecule has 0 spiro atoms. The summed E-state index contributed by atoms with van der Waals surface area (Å²) in [6.07, 6.45) is 1.90. The van der Waals surface area contributed by atoms with E-state index in [1.165, 1.54) is 0 Å². The highest BCUT2D eigenvalue weighted by molar-refractivity contribution is 5.79. The topological polar surface area (TPSA) is 78.7 Å². The molecule has 0 radical (unpaired) electrons. The molecule has 3 rings (SSSR count). The Morgan fingerprint density at radius 2 is 1.68 bits per heavy atom. The van der Waals surface area contributed by atoms with Crippen LogP contribution in [0.3, 0.4) is 0 Å². The van der Waals surface area contributed by atoms with Crippen LogP contribution < -0.4 is 16.2 Å². The lowest BCUT2D eigenvalue weighted by molar-refractivity contribution is 0.168. The number of nitrogens with one attached hydrogen (secondary N) is 2. The molecule has 2 aromatic carbocycles. The van der Waals surface area contributed by atoms with Crippen LogP contribution in [0.4, 0.5) is 0 Å². The molecule has 31 heavy (non-hydrogen) atoms. The van der Waals surface area contributed by atoms with Crippen LogP contribution in [0.2, 0.25) is 0 Å². The monoisotopic (exact) mass is 418 g/mol. The van der Waals surface area contributed by atoms with Gasteiger partial charge in [-0.05, 0) is 36.1 Å². The number of aliphatic imine (C=N–C) groups is 1. The van der Waals surface area contributed by atoms with E-state index in [9.17, 15) is 9.90 Å². The van der Waals surface area contributed by atoms with E-state index in [0.29, 0.717) is 26.1 Å². The van der Waals surface area contributed by atoms with Gasteiger partial charge in [-0.2, -0.15) is 0 Å². The smallest absolute Gasteiger partial charge is 0.250 e. The maximum atomic E-state index is 11.9. The maximum absolute atomic E-state index is 11.9. The molecular weight excluding hydrogens is 388 g/mol. The molecule has 1 heterocycles. The lowest BCUT2D eigenvalue weighted by Gasteiger charge is -2.14. The van der Waals surface area contributed by atoms with Crippen LogP contribution in [0.1, 0.15) is 36.1 Å². The van der Waals surface area contributed by atoms with E-state index in [0.717, 1.165) is 29.2 Å². The first-order valence-electron chi connectivity index (χ1n) is 10.6. The van der Waals surface area contributed by atoms with E-state index in [1.54, 1.807) is 22.9 Å². The summed E-state index contributed by atoms with van der Waals surface area (Å²) in [6.45, 7) is 4.50. The van der Waals surface area contributed by atoms with E-state index in [1.807, 2.05) is 67.6 Å². The van der Waals surface area contributed by atoms with Crippen molar-refractivity contribution in [2.75, 3.05) is 13.1 Å². The Bertz CT molecular complexity index is 1010. The summed E-state index contributed by atoms with van der Waals surface area (Å²) in [4.78, 5) is 16.5. The molecule has 162 valence electrons. The zero-order valence-corrected chi connectivity index (χ0v) is 17.9. The quantitative estimate of drug-likeness (QED) is 0.369. The Labute approximate surface area is 183 Å². The number of nitrogens with zero attached hydrogens (tertiary/aromatic N) is 2. The Morgan fingerprint density at radius 3 is 2.39 bits per heavy atom. The van der Waals surface area contributed by atoms with Gasteiger partial charge in [0.05, 0.1) is 19.2 Å². The molecule has 0 aliphatic rings. The van der Waals surface area contributed by atoms with Gasteiger partial charge in [0, 0.05) is 25.4 Å². The van der Waals surface area contributed by atoms with E-state index in [-0.39, 0.29) is 5.56 Å². The molecule has 6 heteroatoms. The molecule has 1 atom stereocenters. The van der Waals surface area contributed by atoms with Crippen molar-refractivity contribution in [1.29, 1.82) is 0 Å². The van der Waals surface area contributed by atoms with Gasteiger partial charge < -0.3 is 20.3 Å². The SMILES string of the molecule is CCNC(=NCc1ccc(Cn2ccccc2=O)cc1)NCCC(O)c1ccccc1. The van der Waals surface area contributed by atoms with Crippen molar-refractivity contribution in [3.63, 3.8) is 0 Å². The summed E-state index contributed by atoms with van der Waals surface area (Å²) < 4.78 is 1.68. The van der Waals surface area contributed by atoms with E-state index < -0.39 is 6.10 Å². The minimum atomic E-state index is -0.499. The van der Waals surface area contributed by atoms with Gasteiger partial charge in [-0.15, -0.1) is 0 Å². The molecule has 3 N–H and O–H groups in total. The first-order valence-corrected chi connectivity index (χ1v) is 10.6. The Kier molecular flexibility index (Phi) is 8.43. The average Bonchev–Trinajstić information content (AvgIpc) is 2.80. The molecule has 1 unspecified atom stereocenters. The van der Waals surface area contributed by atoms with Crippen LogP contribution in [-0.4, -0.2) is 28.7 Å². The third-order valence-corrected chi connectivity index (χ3v) is 4.93. The molecule has 3 aromatic rings. The van der Waals surface area contributed by atoms with Crippen LogP contribution in [0.5, 0.6) is 0 Å². The summed E-state index contributed by atoms with van der Waals surface area (Å²) in [7, 11) is 0. The van der Waals surface area contributed by atoms with Crippen LogP contribution in [0, 0.1) is 0 Å². The van der Waals surface area contributed by atoms with Crippen molar-refractivity contribution in [3.05, 3.63) is 106 Å². The van der Waals surface area contributed by atoms with E-state index in [2.05, 4.69) is 15.6 Å². The lowest BCUT2D eigenvalue weighted by atomic mass is 10.1. The second-order valence-corrected chi connectivity index (χ2v) is 7.32. The summed E-state index contributed by atoms with van der Waals surface area (Å²) in [5.74, 6) is 0.725. The number of hydrogen-bond donors (Lipinski definition) is 3. The second-order valence-electron chi connectivity index (χ2n) is 7.32. The molecule has 0 amide bonds. The van der Waals surface area contributed by atoms with Crippen LogP contribution in [0.25, 0.3) is 0 Å². The molecule has 0 aliphatic heterocycles. The summed E-state index contributed by atoms with van der Waals surface area (Å²) in [5.41, 5.74) is 3.07. The molecule has 0 saturated heterocycles. The molecule has 0 aliphatic carbocycles. The fraction of sp³-hybridized carbons (Fsp3) is 0.280. The lowest BCUT2D eigenvalue weighted by Crippen LogP contribution is -2.38. The second kappa shape index (κ2) is 11.7. The van der Waals surface area contributed by atoms with Crippen molar-refractivity contribution in [3.8, 4) is 0 Å². The number of rotatable bonds is 9. The molecular formula is C25H30N4O2. The number of pyridine rings is 1. The zero-order valence-electron chi connectivity index (χ0n) is 17.9. The third kappa shape index (κ3) is 7.12. The molecule has 0 fully saturated rings. The largest absolute Gasteiger partial charge is 0.388 e. The van der Waals surface area contributed by atoms with Crippen LogP contribution in [0.15, 0.2) is 88.8 Å². The molecule has 0 saturated carbocycles. The number of guanidine groups is 1. The minimum absolute atomic E-state index is 0.00471. The molecule has 6 nitrogen and oxygen atoms in total. The summed E-state index contributed by atoms with van der Waals surface area (Å²) in [6, 6.07) is 23.0. The minimum Gasteiger partial charge on any atom is -0.388 e. The van der Waals surface area contributed by atoms with Gasteiger partial charge in [0.2, 0.25) is 0 Å². The van der Waals surface area contributed by atoms with Gasteiger partial charge in [-0.1, -0.05) is 60.7 Å². The van der Waals surface area contributed by atoms with Crippen molar-refractivity contribution >= 4 is 5.96 Å². The number of aliphatic hydroxyl groups excluding tert-OH is 1. The van der Waals surface area contributed by atoms with Crippen molar-refractivity contribution in [2.24, 2.45) is 4.99 Å². The van der Waals surface area contributed by atoms with Gasteiger partial charge in [0.25, 0.3) is 5.56 Å². The highest BCUT2D eigenvalue weighted by atomic mass is 16.3. The molecule has 0 bridgehead atoms. The Morgan fingerprint density at radius 1 is 0.968 bits per heavy atom. The first-order chi connectivity index (χ1) is 15.2. The summed E-state index contributed by atoms with van der Waals surface area (Å²) >= 11 is 0. The number of benzene rings is 2. The standard InChI is InChI=1S/C25H30N4O2/c1-2-26-25(27-16-15-23(30)22-8-4-3-5-9-22)28-18-20-11-13-21(14-12-20)19-29-17-7-6-10-24(29)31/h3-14,17,23,30H,2,15-16,18-19H2,1H3,(H2,26,27,28). The number of hydrogen-bond acceptors (Lipinski definition) is 3. The highest BCUT2D eigenvalue weighted by Crippen LogP contribution is 2.14. The predicted octanol–water partition coefficient (Wildman–Crippen LogP) is 3.08. The summed E-state index contributed by atoms with van der Waals surface area (Å²) in [5, 5.41) is 16.8. The van der Waals surface area contributed by atoms with Gasteiger partial charge >= 0.3 is 0 Å². The number of aromatic nitrogens is 1. The Hall–Kier alpha value is -3.38. The van der Waals surface area contributed by atoms with Crippen molar-refractivity contribution in [1.82, 2.24) is 15.2 Å². The first kappa shape index (κ1) is 22.3. The third-order valence-electron chi connectivity index (χ3n) is 4.93. The van der Waals surface area contributed by atoms with Crippen LogP contribution >= 0.6 is 0 Å². The van der Waals surface area contributed by atoms with Gasteiger partial charge in [0.15, 0.2) is 5.96 Å². The zero-order chi connectivity index (χ0) is 21.9. The van der Waals surface area contributed by atoms with Crippen molar-refractivity contribution < 1.29 is 5.11 Å². The van der Waals surface area contributed by atoms with E-state index >= 15 is 0 Å². The van der Waals surface area contributed by atoms with Gasteiger partial charge in [-0.3, -0.25) is 4.79 Å². The van der Waals surface area contributed by atoms with Crippen LogP contribution in [-0.2, 0) is 13.1 Å². The normalized spacial score (nSPS) is 12.4. The fourth-order valence-electron chi connectivity index (χ4n) is 3.22. The van der Waals surface area contributed by atoms with Gasteiger partial charge in [-0.25, -0.2) is 4.99 Å². The predicted molar refractivity (Wildman–Crippen MR) is 125 cm³/mol. The fourth-order valence-corrected chi connectivity index (χ4v) is 3.22. The Balaban J connectivity index is 1.52. The number of aliphatic hydroxyl groups is 1. The molecule has 1 aromatic heterocycles. The van der Waals surface area contributed by atoms with Gasteiger partial charge in [0.1, 0.15) is 0 Å². The van der Waals surface area contributed by atoms with E-state index in [4.69, 9.17) is 0 Å². The highest BCUT2D eigenvalue weighted by Gasteiger charge is 2.07. The maximum Gasteiger partial charge on any atom is 0.250 e. The van der Waals surface area contributed by atoms with Crippen molar-refractivity contribution in [2.45, 2.75) is 32.5 Å².